The van der Waals surface area contributed by atoms with Gasteiger partial charge in [0.05, 0.1) is 12.7 Å². The van der Waals surface area contributed by atoms with E-state index in [1.165, 1.54) is 0 Å². The lowest BCUT2D eigenvalue weighted by atomic mass is 10.1. The molecule has 0 saturated heterocycles. The number of halogens is 2. The van der Waals surface area contributed by atoms with E-state index < -0.39 is 34.7 Å². The molecule has 0 aliphatic heterocycles. The molecule has 0 aromatic heterocycles. The van der Waals surface area contributed by atoms with Gasteiger partial charge in [-0.15, -0.1) is 0 Å². The molecule has 88 valence electrons. The van der Waals surface area contributed by atoms with E-state index in [0.717, 1.165) is 19.2 Å². The maximum atomic E-state index is 13.5. The third kappa shape index (κ3) is 2.78. The molecule has 0 amide bonds. The van der Waals surface area contributed by atoms with E-state index in [1.807, 2.05) is 5.92 Å². The summed E-state index contributed by atoms with van der Waals surface area (Å²) < 4.78 is 30.6. The number of aromatic carboxylic acids is 1. The molecule has 0 radical (unpaired) electrons. The molecule has 0 aliphatic rings. The van der Waals surface area contributed by atoms with Crippen molar-refractivity contribution in [3.05, 3.63) is 34.9 Å². The second-order valence-corrected chi connectivity index (χ2v) is 2.83. The monoisotopic (exact) mass is 240 g/mol. The summed E-state index contributed by atoms with van der Waals surface area (Å²) in [7, 11) is 1.08. The highest BCUT2D eigenvalue weighted by molar-refractivity contribution is 5.90. The fraction of sp³-hybridized carbons (Fsp3) is 0.0909. The van der Waals surface area contributed by atoms with Crippen molar-refractivity contribution in [2.75, 3.05) is 7.11 Å². The quantitative estimate of drug-likeness (QED) is 0.591. The lowest BCUT2D eigenvalue weighted by Crippen LogP contribution is -2.06. The van der Waals surface area contributed by atoms with Crippen LogP contribution in [0.5, 0.6) is 0 Å². The van der Waals surface area contributed by atoms with Gasteiger partial charge in [0.25, 0.3) is 0 Å². The fourth-order valence-electron chi connectivity index (χ4n) is 1.01. The molecule has 1 aromatic carbocycles. The van der Waals surface area contributed by atoms with E-state index in [-0.39, 0.29) is 0 Å². The second-order valence-electron chi connectivity index (χ2n) is 2.83. The van der Waals surface area contributed by atoms with Crippen LogP contribution in [0.2, 0.25) is 0 Å². The molecule has 0 unspecified atom stereocenters. The smallest absolute Gasteiger partial charge is 0.384 e. The van der Waals surface area contributed by atoms with Crippen molar-refractivity contribution in [1.29, 1.82) is 0 Å². The van der Waals surface area contributed by atoms with Crippen LogP contribution in [-0.2, 0) is 9.53 Å². The van der Waals surface area contributed by atoms with Crippen molar-refractivity contribution >= 4 is 11.9 Å². The molecule has 0 heterocycles. The predicted octanol–water partition coefficient (Wildman–Crippen LogP) is 1.19. The Morgan fingerprint density at radius 2 is 2.00 bits per heavy atom. The minimum absolute atomic E-state index is 0.394. The van der Waals surface area contributed by atoms with Crippen LogP contribution in [0.4, 0.5) is 8.78 Å². The first kappa shape index (κ1) is 12.6. The lowest BCUT2D eigenvalue weighted by Gasteiger charge is -2.01. The summed E-state index contributed by atoms with van der Waals surface area (Å²) in [6.07, 6.45) is 0. The number of rotatable bonds is 1. The van der Waals surface area contributed by atoms with Crippen molar-refractivity contribution in [1.82, 2.24) is 0 Å². The van der Waals surface area contributed by atoms with Gasteiger partial charge in [-0.05, 0) is 12.1 Å². The Morgan fingerprint density at radius 3 is 2.53 bits per heavy atom. The summed E-state index contributed by atoms with van der Waals surface area (Å²) in [6, 6.07) is 1.70. The van der Waals surface area contributed by atoms with Crippen LogP contribution in [0.3, 0.4) is 0 Å². The summed E-state index contributed by atoms with van der Waals surface area (Å²) in [4.78, 5) is 21.2. The number of ether oxygens (including phenoxy) is 1. The van der Waals surface area contributed by atoms with Crippen LogP contribution < -0.4 is 0 Å². The molecule has 6 heteroatoms. The van der Waals surface area contributed by atoms with Crippen molar-refractivity contribution in [3.8, 4) is 11.8 Å². The summed E-state index contributed by atoms with van der Waals surface area (Å²) in [5, 5.41) is 8.57. The van der Waals surface area contributed by atoms with E-state index in [4.69, 9.17) is 5.11 Å². The normalized spacial score (nSPS) is 9.12. The second kappa shape index (κ2) is 5.07. The number of benzene rings is 1. The van der Waals surface area contributed by atoms with Crippen LogP contribution in [-0.4, -0.2) is 24.2 Å². The Labute approximate surface area is 94.8 Å². The largest absolute Gasteiger partial charge is 0.477 e. The summed E-state index contributed by atoms with van der Waals surface area (Å²) in [5.74, 6) is -1.23. The predicted molar refractivity (Wildman–Crippen MR) is 52.2 cm³/mol. The van der Waals surface area contributed by atoms with E-state index in [9.17, 15) is 18.4 Å². The summed E-state index contributed by atoms with van der Waals surface area (Å²) in [6.45, 7) is 0. The number of methoxy groups -OCH3 is 1. The first-order valence-corrected chi connectivity index (χ1v) is 4.28. The molecule has 0 spiro atoms. The summed E-state index contributed by atoms with van der Waals surface area (Å²) >= 11 is 0. The molecule has 0 fully saturated rings. The molecule has 1 rings (SSSR count). The van der Waals surface area contributed by atoms with Crippen LogP contribution >= 0.6 is 0 Å². The topological polar surface area (TPSA) is 63.6 Å². The van der Waals surface area contributed by atoms with E-state index in [1.54, 1.807) is 0 Å². The number of carboxylic acid groups (broad SMARTS) is 1. The van der Waals surface area contributed by atoms with Gasteiger partial charge in [-0.1, -0.05) is 5.92 Å². The zero-order chi connectivity index (χ0) is 13.0. The minimum Gasteiger partial charge on any atom is -0.477 e. The maximum Gasteiger partial charge on any atom is 0.384 e. The molecule has 0 atom stereocenters. The third-order valence-corrected chi connectivity index (χ3v) is 1.79. The van der Waals surface area contributed by atoms with Gasteiger partial charge in [0.1, 0.15) is 11.4 Å². The Morgan fingerprint density at radius 1 is 1.35 bits per heavy atom. The standard InChI is InChI=1S/C11H6F2O4/c1-17-8(14)5-3-6-2-4-7(12)9(10(6)13)11(15)16/h2,4H,1H3,(H,15,16). The van der Waals surface area contributed by atoms with Crippen molar-refractivity contribution in [3.63, 3.8) is 0 Å². The summed E-state index contributed by atoms with van der Waals surface area (Å²) in [5.41, 5.74) is -1.50. The van der Waals surface area contributed by atoms with E-state index in [0.29, 0.717) is 0 Å². The number of hydrogen-bond donors (Lipinski definition) is 1. The minimum atomic E-state index is -1.75. The van der Waals surface area contributed by atoms with Crippen LogP contribution in [0.25, 0.3) is 0 Å². The fourth-order valence-corrected chi connectivity index (χ4v) is 1.01. The highest BCUT2D eigenvalue weighted by Gasteiger charge is 2.18. The van der Waals surface area contributed by atoms with Gasteiger partial charge < -0.3 is 9.84 Å². The molecule has 0 aliphatic carbocycles. The van der Waals surface area contributed by atoms with Crippen LogP contribution in [0, 0.1) is 23.5 Å². The van der Waals surface area contributed by atoms with Crippen molar-refractivity contribution in [2.45, 2.75) is 0 Å². The molecule has 0 saturated carbocycles. The maximum absolute atomic E-state index is 13.5. The molecular weight excluding hydrogens is 234 g/mol. The number of hydrogen-bond acceptors (Lipinski definition) is 3. The zero-order valence-corrected chi connectivity index (χ0v) is 8.58. The lowest BCUT2D eigenvalue weighted by molar-refractivity contribution is -0.133. The van der Waals surface area contributed by atoms with Gasteiger partial charge in [-0.25, -0.2) is 18.4 Å². The van der Waals surface area contributed by atoms with Crippen molar-refractivity contribution < 1.29 is 28.2 Å². The van der Waals surface area contributed by atoms with Gasteiger partial charge in [-0.3, -0.25) is 0 Å². The van der Waals surface area contributed by atoms with Gasteiger partial charge in [0.2, 0.25) is 0 Å². The highest BCUT2D eigenvalue weighted by Crippen LogP contribution is 2.16. The zero-order valence-electron chi connectivity index (χ0n) is 8.58. The van der Waals surface area contributed by atoms with Gasteiger partial charge in [-0.2, -0.15) is 0 Å². The number of carboxylic acids is 1. The van der Waals surface area contributed by atoms with E-state index >= 15 is 0 Å². The molecule has 1 aromatic rings. The number of carbonyl (C=O) groups excluding carboxylic acids is 1. The molecule has 17 heavy (non-hydrogen) atoms. The SMILES string of the molecule is COC(=O)C#Cc1ccc(F)c(C(=O)O)c1F. The first-order valence-electron chi connectivity index (χ1n) is 4.28. The third-order valence-electron chi connectivity index (χ3n) is 1.79. The average Bonchev–Trinajstić information content (AvgIpc) is 2.27. The van der Waals surface area contributed by atoms with Crippen LogP contribution in [0.15, 0.2) is 12.1 Å². The average molecular weight is 240 g/mol. The van der Waals surface area contributed by atoms with Gasteiger partial charge in [0, 0.05) is 5.92 Å². The van der Waals surface area contributed by atoms with Gasteiger partial charge in [0.15, 0.2) is 5.82 Å². The van der Waals surface area contributed by atoms with Crippen LogP contribution in [0.1, 0.15) is 15.9 Å². The Kier molecular flexibility index (Phi) is 3.78. The Balaban J connectivity index is 3.27. The molecule has 4 nitrogen and oxygen atoms in total. The van der Waals surface area contributed by atoms with E-state index in [2.05, 4.69) is 10.7 Å². The molecule has 1 N–H and O–H groups in total. The van der Waals surface area contributed by atoms with Gasteiger partial charge >= 0.3 is 11.9 Å². The van der Waals surface area contributed by atoms with Crippen molar-refractivity contribution in [2.24, 2.45) is 0 Å². The Bertz CT molecular complexity index is 540. The molecule has 0 bridgehead atoms. The number of esters is 1. The molecular formula is C11H6F2O4. The highest BCUT2D eigenvalue weighted by atomic mass is 19.1. The Hall–Kier alpha value is -2.42. The number of carbonyl (C=O) groups is 2. The first-order chi connectivity index (χ1) is 7.97.